The molecule has 30 heavy (non-hydrogen) atoms. The predicted molar refractivity (Wildman–Crippen MR) is 119 cm³/mol. The van der Waals surface area contributed by atoms with E-state index in [1.165, 1.54) is 11.8 Å². The van der Waals surface area contributed by atoms with Gasteiger partial charge in [-0.15, -0.1) is 0 Å². The molecular weight excluding hydrogens is 420 g/mol. The number of ether oxygens (including phenoxy) is 1. The Labute approximate surface area is 185 Å². The lowest BCUT2D eigenvalue weighted by atomic mass is 10.2. The van der Waals surface area contributed by atoms with E-state index in [4.69, 9.17) is 21.6 Å². The van der Waals surface area contributed by atoms with Gasteiger partial charge < -0.3 is 9.64 Å². The van der Waals surface area contributed by atoms with E-state index in [1.54, 1.807) is 11.1 Å². The smallest absolute Gasteiger partial charge is 0.237 e. The van der Waals surface area contributed by atoms with Gasteiger partial charge in [0.15, 0.2) is 5.16 Å². The molecule has 0 bridgehead atoms. The van der Waals surface area contributed by atoms with E-state index in [-0.39, 0.29) is 18.1 Å². The van der Waals surface area contributed by atoms with Crippen LogP contribution in [0.25, 0.3) is 5.69 Å². The maximum atomic E-state index is 13.0. The number of anilines is 1. The van der Waals surface area contributed by atoms with Gasteiger partial charge in [-0.05, 0) is 55.5 Å². The van der Waals surface area contributed by atoms with Crippen molar-refractivity contribution in [2.24, 2.45) is 0 Å². The average molecular weight is 441 g/mol. The Balaban J connectivity index is 1.71. The highest BCUT2D eigenvalue weighted by atomic mass is 35.5. The van der Waals surface area contributed by atoms with Gasteiger partial charge in [0.05, 0.1) is 24.8 Å². The number of hydrogen-bond acceptors (Lipinski definition) is 5. The summed E-state index contributed by atoms with van der Waals surface area (Å²) >= 11 is 7.32. The minimum atomic E-state index is -0.0925. The number of rotatable bonds is 9. The highest BCUT2D eigenvalue weighted by Crippen LogP contribution is 2.24. The lowest BCUT2D eigenvalue weighted by Gasteiger charge is -2.22. The third-order valence-electron chi connectivity index (χ3n) is 4.24. The zero-order valence-corrected chi connectivity index (χ0v) is 18.1. The van der Waals surface area contributed by atoms with Crippen LogP contribution < -0.4 is 9.64 Å². The third-order valence-corrected chi connectivity index (χ3v) is 5.45. The fraction of sp³-hybridized carbons (Fsp3) is 0.227. The van der Waals surface area contributed by atoms with Gasteiger partial charge in [-0.2, -0.15) is 5.26 Å². The first-order valence-corrected chi connectivity index (χ1v) is 10.8. The third kappa shape index (κ3) is 5.56. The van der Waals surface area contributed by atoms with Crippen LogP contribution in [0.4, 0.5) is 5.69 Å². The standard InChI is InChI=1S/C22H21ClN4O2S/c1-2-29-20-10-8-18(9-11-20)26(14-3-12-24)21(28)16-30-22-25-13-15-27(22)19-6-4-17(23)5-7-19/h4-11,13,15H,2-3,14,16H2,1H3. The van der Waals surface area contributed by atoms with Crippen molar-refractivity contribution in [1.82, 2.24) is 9.55 Å². The molecule has 0 fully saturated rings. The maximum absolute atomic E-state index is 13.0. The number of carbonyl (C=O) groups is 1. The largest absolute Gasteiger partial charge is 0.494 e. The highest BCUT2D eigenvalue weighted by molar-refractivity contribution is 7.99. The Morgan fingerprint density at radius 1 is 1.23 bits per heavy atom. The number of aromatic nitrogens is 2. The van der Waals surface area contributed by atoms with Gasteiger partial charge in [0.2, 0.25) is 5.91 Å². The second-order valence-corrected chi connectivity index (χ2v) is 7.60. The summed E-state index contributed by atoms with van der Waals surface area (Å²) in [5.74, 6) is 0.849. The van der Waals surface area contributed by atoms with Gasteiger partial charge in [-0.3, -0.25) is 9.36 Å². The second kappa shape index (κ2) is 10.7. The van der Waals surface area contributed by atoms with E-state index in [0.29, 0.717) is 23.3 Å². The van der Waals surface area contributed by atoms with Crippen LogP contribution in [0.2, 0.25) is 5.02 Å². The lowest BCUT2D eigenvalue weighted by molar-refractivity contribution is -0.116. The summed E-state index contributed by atoms with van der Waals surface area (Å²) in [7, 11) is 0. The first kappa shape index (κ1) is 21.8. The number of nitriles is 1. The number of thioether (sulfide) groups is 1. The van der Waals surface area contributed by atoms with Crippen molar-refractivity contribution in [1.29, 1.82) is 5.26 Å². The van der Waals surface area contributed by atoms with Gasteiger partial charge in [-0.1, -0.05) is 23.4 Å². The quantitative estimate of drug-likeness (QED) is 0.439. The van der Waals surface area contributed by atoms with Crippen LogP contribution in [0.3, 0.4) is 0 Å². The molecule has 8 heteroatoms. The van der Waals surface area contributed by atoms with Crippen molar-refractivity contribution in [3.05, 3.63) is 65.9 Å². The summed E-state index contributed by atoms with van der Waals surface area (Å²) in [4.78, 5) is 19.0. The molecule has 0 spiro atoms. The fourth-order valence-corrected chi connectivity index (χ4v) is 3.82. The maximum Gasteiger partial charge on any atom is 0.237 e. The predicted octanol–water partition coefficient (Wildman–Crippen LogP) is 4.96. The molecule has 1 heterocycles. The van der Waals surface area contributed by atoms with Crippen LogP contribution in [0.15, 0.2) is 66.1 Å². The minimum Gasteiger partial charge on any atom is -0.494 e. The first-order chi connectivity index (χ1) is 14.6. The van der Waals surface area contributed by atoms with E-state index in [9.17, 15) is 4.79 Å². The monoisotopic (exact) mass is 440 g/mol. The van der Waals surface area contributed by atoms with Crippen molar-refractivity contribution in [3.8, 4) is 17.5 Å². The first-order valence-electron chi connectivity index (χ1n) is 9.44. The molecule has 154 valence electrons. The van der Waals surface area contributed by atoms with E-state index < -0.39 is 0 Å². The Morgan fingerprint density at radius 2 is 1.97 bits per heavy atom. The molecule has 0 N–H and O–H groups in total. The van der Waals surface area contributed by atoms with Crippen molar-refractivity contribution >= 4 is 35.0 Å². The molecule has 2 aromatic carbocycles. The van der Waals surface area contributed by atoms with E-state index in [0.717, 1.165) is 17.1 Å². The Bertz CT molecular complexity index is 1010. The van der Waals surface area contributed by atoms with E-state index in [1.807, 2.05) is 66.2 Å². The number of nitrogens with zero attached hydrogens (tertiary/aromatic N) is 4. The normalized spacial score (nSPS) is 10.4. The summed E-state index contributed by atoms with van der Waals surface area (Å²) in [6.07, 6.45) is 3.79. The molecule has 0 aliphatic rings. The fourth-order valence-electron chi connectivity index (χ4n) is 2.85. The Morgan fingerprint density at radius 3 is 2.63 bits per heavy atom. The van der Waals surface area contributed by atoms with Gasteiger partial charge in [0.1, 0.15) is 5.75 Å². The molecule has 0 atom stereocenters. The number of hydrogen-bond donors (Lipinski definition) is 0. The molecule has 1 aromatic heterocycles. The molecule has 0 saturated heterocycles. The molecule has 0 radical (unpaired) electrons. The molecule has 0 aliphatic heterocycles. The van der Waals surface area contributed by atoms with Crippen LogP contribution in [-0.4, -0.2) is 34.4 Å². The van der Waals surface area contributed by atoms with Crippen molar-refractivity contribution < 1.29 is 9.53 Å². The van der Waals surface area contributed by atoms with Gasteiger partial charge >= 0.3 is 0 Å². The van der Waals surface area contributed by atoms with Gasteiger partial charge in [-0.25, -0.2) is 4.98 Å². The molecule has 0 aliphatic carbocycles. The van der Waals surface area contributed by atoms with Gasteiger partial charge in [0.25, 0.3) is 0 Å². The molecule has 0 unspecified atom stereocenters. The number of benzene rings is 2. The SMILES string of the molecule is CCOc1ccc(N(CCC#N)C(=O)CSc2nccn2-c2ccc(Cl)cc2)cc1. The second-order valence-electron chi connectivity index (χ2n) is 6.23. The number of amides is 1. The van der Waals surface area contributed by atoms with Crippen LogP contribution in [0.5, 0.6) is 5.75 Å². The van der Waals surface area contributed by atoms with E-state index >= 15 is 0 Å². The summed E-state index contributed by atoms with van der Waals surface area (Å²) in [5, 5.41) is 10.3. The van der Waals surface area contributed by atoms with E-state index in [2.05, 4.69) is 11.1 Å². The minimum absolute atomic E-state index is 0.0925. The average Bonchev–Trinajstić information content (AvgIpc) is 3.23. The molecule has 6 nitrogen and oxygen atoms in total. The summed E-state index contributed by atoms with van der Waals surface area (Å²) in [6.45, 7) is 2.82. The number of carbonyl (C=O) groups excluding carboxylic acids is 1. The van der Waals surface area contributed by atoms with Crippen LogP contribution in [0, 0.1) is 11.3 Å². The topological polar surface area (TPSA) is 71.2 Å². The van der Waals surface area contributed by atoms with Gasteiger partial charge in [0, 0.05) is 35.3 Å². The van der Waals surface area contributed by atoms with Crippen LogP contribution in [0.1, 0.15) is 13.3 Å². The van der Waals surface area contributed by atoms with Crippen LogP contribution >= 0.6 is 23.4 Å². The van der Waals surface area contributed by atoms with Crippen molar-refractivity contribution in [2.45, 2.75) is 18.5 Å². The molecule has 3 rings (SSSR count). The molecule has 3 aromatic rings. The van der Waals surface area contributed by atoms with Crippen molar-refractivity contribution in [2.75, 3.05) is 23.8 Å². The summed E-state index contributed by atoms with van der Waals surface area (Å²) in [5.41, 5.74) is 1.65. The molecule has 1 amide bonds. The Hall–Kier alpha value is -2.95. The molecular formula is C22H21ClN4O2S. The summed E-state index contributed by atoms with van der Waals surface area (Å²) in [6, 6.07) is 16.8. The highest BCUT2D eigenvalue weighted by Gasteiger charge is 2.17. The number of imidazole rings is 1. The van der Waals surface area contributed by atoms with Crippen LogP contribution in [-0.2, 0) is 4.79 Å². The zero-order chi connectivity index (χ0) is 21.3. The summed E-state index contributed by atoms with van der Waals surface area (Å²) < 4.78 is 7.37. The van der Waals surface area contributed by atoms with Crippen molar-refractivity contribution in [3.63, 3.8) is 0 Å². The molecule has 0 saturated carbocycles. The Kier molecular flexibility index (Phi) is 7.77. The number of halogens is 1. The zero-order valence-electron chi connectivity index (χ0n) is 16.5. The lowest BCUT2D eigenvalue weighted by Crippen LogP contribution is -2.33.